The molecule has 0 aliphatic rings. The van der Waals surface area contributed by atoms with E-state index in [4.69, 9.17) is 5.11 Å². The monoisotopic (exact) mass is 238 g/mol. The Labute approximate surface area is 86.9 Å². The molecule has 1 nitrogen and oxygen atoms in total. The third-order valence-corrected chi connectivity index (χ3v) is 2.04. The van der Waals surface area contributed by atoms with Crippen molar-refractivity contribution in [2.75, 3.05) is 5.33 Å². The van der Waals surface area contributed by atoms with Gasteiger partial charge in [-0.3, -0.25) is 0 Å². The predicted octanol–water partition coefficient (Wildman–Crippen LogP) is 2.23. The van der Waals surface area contributed by atoms with Gasteiger partial charge in [-0.05, 0) is 24.1 Å². The van der Waals surface area contributed by atoms with Crippen LogP contribution in [-0.2, 0) is 6.61 Å². The van der Waals surface area contributed by atoms with E-state index in [1.807, 2.05) is 25.1 Å². The van der Waals surface area contributed by atoms with Crippen LogP contribution in [0, 0.1) is 18.8 Å². The fourth-order valence-electron chi connectivity index (χ4n) is 1.09. The van der Waals surface area contributed by atoms with E-state index in [0.29, 0.717) is 5.33 Å². The molecule has 0 bridgehead atoms. The molecule has 0 radical (unpaired) electrons. The summed E-state index contributed by atoms with van der Waals surface area (Å²) in [5.41, 5.74) is 3.07. The summed E-state index contributed by atoms with van der Waals surface area (Å²) in [4.78, 5) is 0. The van der Waals surface area contributed by atoms with Gasteiger partial charge in [0.05, 0.1) is 11.9 Å². The van der Waals surface area contributed by atoms with Gasteiger partial charge in [0.15, 0.2) is 0 Å². The van der Waals surface area contributed by atoms with E-state index < -0.39 is 0 Å². The van der Waals surface area contributed by atoms with E-state index in [1.54, 1.807) is 0 Å². The largest absolute Gasteiger partial charge is 0.392 e. The highest BCUT2D eigenvalue weighted by Crippen LogP contribution is 2.09. The van der Waals surface area contributed by atoms with Crippen molar-refractivity contribution in [2.24, 2.45) is 0 Å². The summed E-state index contributed by atoms with van der Waals surface area (Å²) in [5, 5.41) is 9.57. The van der Waals surface area contributed by atoms with Crippen molar-refractivity contribution in [1.82, 2.24) is 0 Å². The van der Waals surface area contributed by atoms with Crippen LogP contribution in [0.15, 0.2) is 18.2 Å². The van der Waals surface area contributed by atoms with Crippen molar-refractivity contribution < 1.29 is 5.11 Å². The lowest BCUT2D eigenvalue weighted by Gasteiger charge is -2.00. The highest BCUT2D eigenvalue weighted by atomic mass is 79.9. The lowest BCUT2D eigenvalue weighted by atomic mass is 10.1. The van der Waals surface area contributed by atoms with Gasteiger partial charge >= 0.3 is 0 Å². The maximum atomic E-state index is 8.89. The molecule has 0 fully saturated rings. The third-order valence-electron chi connectivity index (χ3n) is 1.76. The van der Waals surface area contributed by atoms with Crippen LogP contribution in [0.25, 0.3) is 0 Å². The smallest absolute Gasteiger partial charge is 0.0681 e. The Morgan fingerprint density at radius 2 is 2.23 bits per heavy atom. The van der Waals surface area contributed by atoms with Gasteiger partial charge in [0.25, 0.3) is 0 Å². The van der Waals surface area contributed by atoms with Crippen molar-refractivity contribution >= 4 is 15.9 Å². The van der Waals surface area contributed by atoms with Gasteiger partial charge in [0, 0.05) is 5.56 Å². The van der Waals surface area contributed by atoms with Gasteiger partial charge in [-0.1, -0.05) is 39.9 Å². The Balaban J connectivity index is 2.98. The molecule has 0 atom stereocenters. The molecule has 0 saturated heterocycles. The molecule has 0 aromatic heterocycles. The summed E-state index contributed by atoms with van der Waals surface area (Å²) < 4.78 is 0. The van der Waals surface area contributed by atoms with Crippen LogP contribution in [0.4, 0.5) is 0 Å². The van der Waals surface area contributed by atoms with E-state index in [0.717, 1.165) is 16.7 Å². The Morgan fingerprint density at radius 1 is 1.46 bits per heavy atom. The first kappa shape index (κ1) is 10.3. The molecule has 0 aliphatic heterocycles. The fraction of sp³-hybridized carbons (Fsp3) is 0.273. The Hall–Kier alpha value is -0.780. The summed E-state index contributed by atoms with van der Waals surface area (Å²) in [6, 6.07) is 5.79. The number of rotatable bonds is 1. The predicted molar refractivity (Wildman–Crippen MR) is 57.8 cm³/mol. The zero-order valence-electron chi connectivity index (χ0n) is 7.47. The molecule has 0 heterocycles. The first-order valence-electron chi connectivity index (χ1n) is 4.03. The van der Waals surface area contributed by atoms with Gasteiger partial charge in [-0.25, -0.2) is 0 Å². The second-order valence-corrected chi connectivity index (χ2v) is 3.30. The van der Waals surface area contributed by atoms with E-state index >= 15 is 0 Å². The number of alkyl halides is 1. The first-order valence-corrected chi connectivity index (χ1v) is 5.15. The maximum Gasteiger partial charge on any atom is 0.0681 e. The first-order chi connectivity index (χ1) is 6.27. The molecule has 0 amide bonds. The van der Waals surface area contributed by atoms with Crippen LogP contribution >= 0.6 is 15.9 Å². The van der Waals surface area contributed by atoms with Crippen molar-refractivity contribution in [1.29, 1.82) is 0 Å². The normalized spacial score (nSPS) is 9.15. The molecular formula is C11H11BrO. The molecule has 1 aromatic carbocycles. The van der Waals surface area contributed by atoms with Crippen LogP contribution in [0.1, 0.15) is 16.7 Å². The molecule has 1 N–H and O–H groups in total. The minimum Gasteiger partial charge on any atom is -0.392 e. The summed E-state index contributed by atoms with van der Waals surface area (Å²) in [6.45, 7) is 2.09. The maximum absolute atomic E-state index is 8.89. The van der Waals surface area contributed by atoms with E-state index in [9.17, 15) is 0 Å². The minimum absolute atomic E-state index is 0.0903. The molecule has 0 unspecified atom stereocenters. The fourth-order valence-corrected chi connectivity index (χ4v) is 1.23. The third kappa shape index (κ3) is 2.87. The number of halogens is 1. The molecule has 13 heavy (non-hydrogen) atoms. The quantitative estimate of drug-likeness (QED) is 0.588. The van der Waals surface area contributed by atoms with Gasteiger partial charge in [0.2, 0.25) is 0 Å². The lowest BCUT2D eigenvalue weighted by molar-refractivity contribution is 0.282. The summed E-state index contributed by atoms with van der Waals surface area (Å²) in [7, 11) is 0. The van der Waals surface area contributed by atoms with E-state index in [-0.39, 0.29) is 6.61 Å². The second-order valence-electron chi connectivity index (χ2n) is 2.74. The van der Waals surface area contributed by atoms with Crippen molar-refractivity contribution in [3.63, 3.8) is 0 Å². The van der Waals surface area contributed by atoms with Crippen LogP contribution < -0.4 is 0 Å². The van der Waals surface area contributed by atoms with Crippen LogP contribution in [0.2, 0.25) is 0 Å². The summed E-state index contributed by atoms with van der Waals surface area (Å²) in [5.74, 6) is 5.98. The lowest BCUT2D eigenvalue weighted by Crippen LogP contribution is -1.87. The number of aliphatic hydroxyl groups excluding tert-OH is 1. The SMILES string of the molecule is Cc1cc(CO)ccc1C#CCBr. The van der Waals surface area contributed by atoms with Crippen molar-refractivity contribution in [2.45, 2.75) is 13.5 Å². The molecule has 0 saturated carbocycles. The zero-order valence-corrected chi connectivity index (χ0v) is 9.06. The van der Waals surface area contributed by atoms with Crippen molar-refractivity contribution in [3.8, 4) is 11.8 Å². The highest BCUT2D eigenvalue weighted by molar-refractivity contribution is 9.09. The average molecular weight is 239 g/mol. The number of hydrogen-bond acceptors (Lipinski definition) is 1. The highest BCUT2D eigenvalue weighted by Gasteiger charge is 1.95. The molecule has 68 valence electrons. The summed E-state index contributed by atoms with van der Waals surface area (Å²) >= 11 is 3.25. The van der Waals surface area contributed by atoms with Gasteiger partial charge in [0.1, 0.15) is 0 Å². The second kappa shape index (κ2) is 5.06. The topological polar surface area (TPSA) is 20.2 Å². The molecule has 0 aliphatic carbocycles. The standard InChI is InChI=1S/C11H11BrO/c1-9-7-10(8-13)4-5-11(9)3-2-6-12/h4-5,7,13H,6,8H2,1H3. The van der Waals surface area contributed by atoms with Crippen LogP contribution in [-0.4, -0.2) is 10.4 Å². The Morgan fingerprint density at radius 3 is 2.77 bits per heavy atom. The number of aliphatic hydroxyl groups is 1. The Kier molecular flexibility index (Phi) is 4.01. The number of benzene rings is 1. The number of aryl methyl sites for hydroxylation is 1. The molecular weight excluding hydrogens is 228 g/mol. The van der Waals surface area contributed by atoms with Gasteiger partial charge < -0.3 is 5.11 Å². The molecule has 1 aromatic rings. The van der Waals surface area contributed by atoms with Crippen LogP contribution in [0.3, 0.4) is 0 Å². The molecule has 2 heteroatoms. The zero-order chi connectivity index (χ0) is 9.68. The average Bonchev–Trinajstić information content (AvgIpc) is 2.16. The van der Waals surface area contributed by atoms with E-state index in [1.165, 1.54) is 0 Å². The molecule has 0 spiro atoms. The summed E-state index contributed by atoms with van der Waals surface area (Å²) in [6.07, 6.45) is 0. The van der Waals surface area contributed by atoms with E-state index in [2.05, 4.69) is 27.8 Å². The van der Waals surface area contributed by atoms with Crippen molar-refractivity contribution in [3.05, 3.63) is 34.9 Å². The minimum atomic E-state index is 0.0903. The molecule has 1 rings (SSSR count). The van der Waals surface area contributed by atoms with Crippen LogP contribution in [0.5, 0.6) is 0 Å². The Bertz CT molecular complexity index is 347. The van der Waals surface area contributed by atoms with Gasteiger partial charge in [-0.15, -0.1) is 0 Å². The number of hydrogen-bond donors (Lipinski definition) is 1. The van der Waals surface area contributed by atoms with Gasteiger partial charge in [-0.2, -0.15) is 0 Å².